The van der Waals surface area contributed by atoms with Crippen molar-refractivity contribution >= 4 is 34.9 Å². The summed E-state index contributed by atoms with van der Waals surface area (Å²) >= 11 is 6.05. The Balaban J connectivity index is 1.34. The molecule has 0 aromatic heterocycles. The molecule has 1 atom stereocenters. The number of nitrogens with zero attached hydrogens (tertiary/aromatic N) is 2. The summed E-state index contributed by atoms with van der Waals surface area (Å²) in [6, 6.07) is 18.4. The maximum absolute atomic E-state index is 12.5. The first-order chi connectivity index (χ1) is 16.3. The highest BCUT2D eigenvalue weighted by atomic mass is 35.5. The van der Waals surface area contributed by atoms with Gasteiger partial charge >= 0.3 is 11.7 Å². The van der Waals surface area contributed by atoms with E-state index in [4.69, 9.17) is 21.1 Å². The normalized spacial score (nSPS) is 15.3. The zero-order chi connectivity index (χ0) is 24.2. The average molecular weight is 481 g/mol. The predicted octanol–water partition coefficient (Wildman–Crippen LogP) is 5.45. The second kappa shape index (κ2) is 9.93. The van der Waals surface area contributed by atoms with Gasteiger partial charge < -0.3 is 14.4 Å². The Labute approximate surface area is 200 Å². The lowest BCUT2D eigenvalue weighted by Gasteiger charge is -2.16. The van der Waals surface area contributed by atoms with Crippen molar-refractivity contribution in [1.29, 1.82) is 0 Å². The van der Waals surface area contributed by atoms with E-state index in [2.05, 4.69) is 0 Å². The molecule has 1 heterocycles. The number of hydrogen-bond acceptors (Lipinski definition) is 6. The second-order valence-electron chi connectivity index (χ2n) is 7.94. The SMILES string of the molecule is Cc1ccc(N2CC(C(=O)OCc3ccc(Oc4c(Cl)cccc4[N+](=O)[O-])cc3)CC2=O)cc1. The number of esters is 1. The van der Waals surface area contributed by atoms with Crippen molar-refractivity contribution < 1.29 is 24.0 Å². The van der Waals surface area contributed by atoms with Gasteiger partial charge in [-0.25, -0.2) is 0 Å². The third-order valence-electron chi connectivity index (χ3n) is 5.47. The fourth-order valence-electron chi connectivity index (χ4n) is 3.63. The van der Waals surface area contributed by atoms with Crippen LogP contribution in [0.2, 0.25) is 5.02 Å². The molecular weight excluding hydrogens is 460 g/mol. The molecule has 1 aliphatic heterocycles. The fourth-order valence-corrected chi connectivity index (χ4v) is 3.83. The number of carbonyl (C=O) groups is 2. The zero-order valence-corrected chi connectivity index (χ0v) is 19.0. The summed E-state index contributed by atoms with van der Waals surface area (Å²) in [5.41, 5.74) is 2.32. The number of benzene rings is 3. The molecule has 1 saturated heterocycles. The van der Waals surface area contributed by atoms with Crippen LogP contribution in [-0.2, 0) is 20.9 Å². The molecule has 3 aromatic carbocycles. The van der Waals surface area contributed by atoms with Gasteiger partial charge in [-0.15, -0.1) is 0 Å². The number of anilines is 1. The van der Waals surface area contributed by atoms with Gasteiger partial charge in [0.2, 0.25) is 11.7 Å². The first kappa shape index (κ1) is 23.3. The van der Waals surface area contributed by atoms with Crippen molar-refractivity contribution in [3.05, 3.63) is 93.0 Å². The summed E-state index contributed by atoms with van der Waals surface area (Å²) in [5.74, 6) is -0.771. The summed E-state index contributed by atoms with van der Waals surface area (Å²) in [4.78, 5) is 37.2. The van der Waals surface area contributed by atoms with Crippen LogP contribution in [0.15, 0.2) is 66.7 Å². The zero-order valence-electron chi connectivity index (χ0n) is 18.3. The van der Waals surface area contributed by atoms with Crippen molar-refractivity contribution in [2.75, 3.05) is 11.4 Å². The molecule has 0 bridgehead atoms. The number of hydrogen-bond donors (Lipinski definition) is 0. The minimum absolute atomic E-state index is 0.0283. The Hall–Kier alpha value is -3.91. The summed E-state index contributed by atoms with van der Waals surface area (Å²) in [5, 5.41) is 11.3. The van der Waals surface area contributed by atoms with Crippen molar-refractivity contribution in [2.24, 2.45) is 5.92 Å². The van der Waals surface area contributed by atoms with Crippen LogP contribution in [0.1, 0.15) is 17.5 Å². The van der Waals surface area contributed by atoms with Gasteiger partial charge in [0.1, 0.15) is 12.4 Å². The highest BCUT2D eigenvalue weighted by Crippen LogP contribution is 2.37. The average Bonchev–Trinajstić information content (AvgIpc) is 3.21. The van der Waals surface area contributed by atoms with Crippen LogP contribution >= 0.6 is 11.6 Å². The molecule has 0 saturated carbocycles. The standard InChI is InChI=1S/C25H21ClN2O6/c1-16-5-9-19(10-6-16)27-14-18(13-23(27)29)25(30)33-15-17-7-11-20(12-8-17)34-24-21(26)3-2-4-22(24)28(31)32/h2-12,18H,13-15H2,1H3. The summed E-state index contributed by atoms with van der Waals surface area (Å²) < 4.78 is 11.0. The Morgan fingerprint density at radius 3 is 2.50 bits per heavy atom. The summed E-state index contributed by atoms with van der Waals surface area (Å²) in [6.07, 6.45) is 0.107. The van der Waals surface area contributed by atoms with E-state index in [9.17, 15) is 19.7 Å². The van der Waals surface area contributed by atoms with E-state index in [0.29, 0.717) is 11.3 Å². The van der Waals surface area contributed by atoms with Crippen LogP contribution < -0.4 is 9.64 Å². The smallest absolute Gasteiger partial charge is 0.313 e. The van der Waals surface area contributed by atoms with Gasteiger partial charge in [-0.3, -0.25) is 19.7 Å². The van der Waals surface area contributed by atoms with Gasteiger partial charge in [0, 0.05) is 24.7 Å². The van der Waals surface area contributed by atoms with Crippen LogP contribution in [0.3, 0.4) is 0 Å². The Morgan fingerprint density at radius 1 is 1.12 bits per heavy atom. The van der Waals surface area contributed by atoms with Gasteiger partial charge in [0.05, 0.1) is 15.9 Å². The van der Waals surface area contributed by atoms with E-state index >= 15 is 0 Å². The minimum Gasteiger partial charge on any atom is -0.461 e. The first-order valence-electron chi connectivity index (χ1n) is 10.5. The largest absolute Gasteiger partial charge is 0.461 e. The van der Waals surface area contributed by atoms with Crippen LogP contribution in [0.25, 0.3) is 0 Å². The van der Waals surface area contributed by atoms with Gasteiger partial charge in [0.15, 0.2) is 0 Å². The lowest BCUT2D eigenvalue weighted by molar-refractivity contribution is -0.385. The van der Waals surface area contributed by atoms with E-state index in [-0.39, 0.29) is 41.9 Å². The predicted molar refractivity (Wildman–Crippen MR) is 126 cm³/mol. The number of nitro groups is 1. The number of nitro benzene ring substituents is 1. The molecule has 0 radical (unpaired) electrons. The van der Waals surface area contributed by atoms with E-state index < -0.39 is 16.8 Å². The molecule has 0 spiro atoms. The maximum Gasteiger partial charge on any atom is 0.313 e. The first-order valence-corrected chi connectivity index (χ1v) is 10.9. The molecule has 1 fully saturated rings. The lowest BCUT2D eigenvalue weighted by atomic mass is 10.1. The molecule has 4 rings (SSSR count). The van der Waals surface area contributed by atoms with Crippen LogP contribution in [0.4, 0.5) is 11.4 Å². The molecule has 8 nitrogen and oxygen atoms in total. The lowest BCUT2D eigenvalue weighted by Crippen LogP contribution is -2.26. The van der Waals surface area contributed by atoms with Crippen molar-refractivity contribution in [1.82, 2.24) is 0 Å². The number of para-hydroxylation sites is 1. The Bertz CT molecular complexity index is 1230. The molecule has 1 amide bonds. The number of ether oxygens (including phenoxy) is 2. The molecule has 0 aliphatic carbocycles. The molecule has 174 valence electrons. The van der Waals surface area contributed by atoms with E-state index in [1.807, 2.05) is 31.2 Å². The van der Waals surface area contributed by atoms with Gasteiger partial charge in [-0.05, 0) is 42.8 Å². The van der Waals surface area contributed by atoms with Gasteiger partial charge in [0.25, 0.3) is 0 Å². The van der Waals surface area contributed by atoms with E-state index in [0.717, 1.165) is 11.3 Å². The third kappa shape index (κ3) is 5.18. The van der Waals surface area contributed by atoms with Crippen molar-refractivity contribution in [3.63, 3.8) is 0 Å². The number of halogens is 1. The van der Waals surface area contributed by atoms with Crippen LogP contribution in [-0.4, -0.2) is 23.3 Å². The second-order valence-corrected chi connectivity index (χ2v) is 8.35. The van der Waals surface area contributed by atoms with Crippen LogP contribution in [0, 0.1) is 23.0 Å². The highest BCUT2D eigenvalue weighted by molar-refractivity contribution is 6.32. The molecule has 0 N–H and O–H groups in total. The van der Waals surface area contributed by atoms with E-state index in [1.165, 1.54) is 18.2 Å². The molecule has 3 aromatic rings. The minimum atomic E-state index is -0.567. The number of carbonyl (C=O) groups excluding carboxylic acids is 2. The Morgan fingerprint density at radius 2 is 1.82 bits per heavy atom. The number of aryl methyl sites for hydroxylation is 1. The van der Waals surface area contributed by atoms with Crippen molar-refractivity contribution in [3.8, 4) is 11.5 Å². The molecule has 34 heavy (non-hydrogen) atoms. The molecule has 9 heteroatoms. The van der Waals surface area contributed by atoms with Gasteiger partial charge in [-0.2, -0.15) is 0 Å². The highest BCUT2D eigenvalue weighted by Gasteiger charge is 2.36. The molecule has 1 unspecified atom stereocenters. The monoisotopic (exact) mass is 480 g/mol. The third-order valence-corrected chi connectivity index (χ3v) is 5.77. The molecule has 1 aliphatic rings. The number of rotatable bonds is 7. The van der Waals surface area contributed by atoms with E-state index in [1.54, 1.807) is 29.2 Å². The quantitative estimate of drug-likeness (QED) is 0.253. The summed E-state index contributed by atoms with van der Waals surface area (Å²) in [7, 11) is 0. The molecular formula is C25H21ClN2O6. The fraction of sp³-hybridized carbons (Fsp3) is 0.200. The maximum atomic E-state index is 12.5. The number of amides is 1. The summed E-state index contributed by atoms with van der Waals surface area (Å²) in [6.45, 7) is 2.28. The topological polar surface area (TPSA) is 99.0 Å². The Kier molecular flexibility index (Phi) is 6.79. The van der Waals surface area contributed by atoms with Crippen LogP contribution in [0.5, 0.6) is 11.5 Å². The van der Waals surface area contributed by atoms with Crippen molar-refractivity contribution in [2.45, 2.75) is 20.0 Å². The van der Waals surface area contributed by atoms with Gasteiger partial charge in [-0.1, -0.05) is 47.5 Å².